The second-order valence-corrected chi connectivity index (χ2v) is 4.09. The molecule has 0 amide bonds. The lowest BCUT2D eigenvalue weighted by atomic mass is 9.88. The molecule has 0 atom stereocenters. The van der Waals surface area contributed by atoms with Gasteiger partial charge in [-0.3, -0.25) is 0 Å². The number of likely N-dealkylation sites (tertiary alicyclic amines) is 1. The second-order valence-electron chi connectivity index (χ2n) is 4.09. The zero-order valence-corrected chi connectivity index (χ0v) is 8.97. The van der Waals surface area contributed by atoms with Crippen molar-refractivity contribution in [2.75, 3.05) is 33.7 Å². The van der Waals surface area contributed by atoms with E-state index in [1.807, 2.05) is 7.05 Å². The second kappa shape index (κ2) is 5.40. The Morgan fingerprint density at radius 3 is 2.62 bits per heavy atom. The van der Waals surface area contributed by atoms with Crippen LogP contribution in [0.15, 0.2) is 12.2 Å². The van der Waals surface area contributed by atoms with Gasteiger partial charge in [-0.05, 0) is 58.9 Å². The van der Waals surface area contributed by atoms with Gasteiger partial charge in [0.25, 0.3) is 0 Å². The average Bonchev–Trinajstić information content (AvgIpc) is 2.15. The largest absolute Gasteiger partial charge is 0.319 e. The molecule has 76 valence electrons. The molecule has 1 fully saturated rings. The molecule has 0 aliphatic carbocycles. The van der Waals surface area contributed by atoms with Crippen molar-refractivity contribution < 1.29 is 0 Å². The van der Waals surface area contributed by atoms with E-state index in [4.69, 9.17) is 0 Å². The van der Waals surface area contributed by atoms with Gasteiger partial charge < -0.3 is 10.2 Å². The molecule has 0 aromatic rings. The highest BCUT2D eigenvalue weighted by atomic mass is 15.1. The van der Waals surface area contributed by atoms with Gasteiger partial charge >= 0.3 is 0 Å². The van der Waals surface area contributed by atoms with E-state index in [0.29, 0.717) is 0 Å². The zero-order valence-electron chi connectivity index (χ0n) is 8.97. The first-order valence-electron chi connectivity index (χ1n) is 5.25. The maximum atomic E-state index is 4.18. The van der Waals surface area contributed by atoms with Crippen molar-refractivity contribution in [2.45, 2.75) is 19.3 Å². The molecule has 0 bridgehead atoms. The third-order valence-electron chi connectivity index (χ3n) is 2.99. The van der Waals surface area contributed by atoms with Gasteiger partial charge in [-0.2, -0.15) is 0 Å². The zero-order chi connectivity index (χ0) is 9.68. The van der Waals surface area contributed by atoms with E-state index in [-0.39, 0.29) is 0 Å². The van der Waals surface area contributed by atoms with Crippen LogP contribution in [0.3, 0.4) is 0 Å². The molecule has 1 aliphatic heterocycles. The van der Waals surface area contributed by atoms with E-state index in [1.54, 1.807) is 0 Å². The van der Waals surface area contributed by atoms with Gasteiger partial charge in [0.1, 0.15) is 0 Å². The Bertz CT molecular complexity index is 157. The summed E-state index contributed by atoms with van der Waals surface area (Å²) in [5.41, 5.74) is 1.45. The minimum absolute atomic E-state index is 0.782. The average molecular weight is 182 g/mol. The van der Waals surface area contributed by atoms with Crippen molar-refractivity contribution in [1.82, 2.24) is 10.2 Å². The van der Waals surface area contributed by atoms with Gasteiger partial charge in [0.2, 0.25) is 0 Å². The van der Waals surface area contributed by atoms with Crippen LogP contribution in [0.25, 0.3) is 0 Å². The Morgan fingerprint density at radius 1 is 1.46 bits per heavy atom. The van der Waals surface area contributed by atoms with Crippen molar-refractivity contribution >= 4 is 0 Å². The molecular formula is C11H22N2. The maximum Gasteiger partial charge on any atom is -0.00146 e. The van der Waals surface area contributed by atoms with E-state index in [2.05, 4.69) is 23.8 Å². The van der Waals surface area contributed by atoms with Gasteiger partial charge in [0.15, 0.2) is 0 Å². The summed E-state index contributed by atoms with van der Waals surface area (Å²) in [5, 5.41) is 3.18. The molecule has 0 spiro atoms. The fourth-order valence-electron chi connectivity index (χ4n) is 1.91. The van der Waals surface area contributed by atoms with Crippen LogP contribution < -0.4 is 5.32 Å². The predicted molar refractivity (Wildman–Crippen MR) is 57.9 cm³/mol. The van der Waals surface area contributed by atoms with Crippen molar-refractivity contribution in [1.29, 1.82) is 0 Å². The number of rotatable bonds is 4. The van der Waals surface area contributed by atoms with E-state index in [0.717, 1.165) is 18.9 Å². The third kappa shape index (κ3) is 3.49. The lowest BCUT2D eigenvalue weighted by Gasteiger charge is -2.30. The fourth-order valence-corrected chi connectivity index (χ4v) is 1.91. The van der Waals surface area contributed by atoms with E-state index < -0.39 is 0 Å². The van der Waals surface area contributed by atoms with E-state index >= 15 is 0 Å². The first-order valence-corrected chi connectivity index (χ1v) is 5.25. The van der Waals surface area contributed by atoms with Crippen molar-refractivity contribution in [3.8, 4) is 0 Å². The number of nitrogens with zero attached hydrogens (tertiary/aromatic N) is 1. The number of hydrogen-bond donors (Lipinski definition) is 1. The lowest BCUT2D eigenvalue weighted by molar-refractivity contribution is 0.236. The molecule has 0 radical (unpaired) electrons. The first kappa shape index (κ1) is 10.7. The quantitative estimate of drug-likeness (QED) is 0.663. The highest BCUT2D eigenvalue weighted by Crippen LogP contribution is 2.24. The van der Waals surface area contributed by atoms with Crippen molar-refractivity contribution in [3.05, 3.63) is 12.2 Å². The van der Waals surface area contributed by atoms with Crippen LogP contribution in [0.4, 0.5) is 0 Å². The number of nitrogens with one attached hydrogen (secondary N) is 1. The van der Waals surface area contributed by atoms with Crippen molar-refractivity contribution in [2.24, 2.45) is 5.92 Å². The van der Waals surface area contributed by atoms with Crippen LogP contribution >= 0.6 is 0 Å². The summed E-state index contributed by atoms with van der Waals surface area (Å²) in [6.07, 6.45) is 3.75. The minimum atomic E-state index is 0.782. The van der Waals surface area contributed by atoms with Gasteiger partial charge in [0.05, 0.1) is 0 Å². The molecule has 0 unspecified atom stereocenters. The Labute approximate surface area is 82.0 Å². The first-order chi connectivity index (χ1) is 6.24. The summed E-state index contributed by atoms with van der Waals surface area (Å²) < 4.78 is 0. The van der Waals surface area contributed by atoms with E-state index in [9.17, 15) is 0 Å². The summed E-state index contributed by atoms with van der Waals surface area (Å²) >= 11 is 0. The Balaban J connectivity index is 2.23. The topological polar surface area (TPSA) is 15.3 Å². The fraction of sp³-hybridized carbons (Fsp3) is 0.818. The molecule has 0 aromatic heterocycles. The molecule has 1 rings (SSSR count). The number of hydrogen-bond acceptors (Lipinski definition) is 2. The molecule has 1 aliphatic rings. The summed E-state index contributed by atoms with van der Waals surface area (Å²) in [4.78, 5) is 2.40. The molecule has 1 heterocycles. The standard InChI is InChI=1S/C11H22N2/c1-10(4-7-12-2)11-5-8-13(3)9-6-11/h11-12H,1,4-9H2,2-3H3. The van der Waals surface area contributed by atoms with Gasteiger partial charge in [-0.25, -0.2) is 0 Å². The molecule has 2 heteroatoms. The van der Waals surface area contributed by atoms with Crippen LogP contribution in [0, 0.1) is 5.92 Å². The smallest absolute Gasteiger partial charge is 0.00146 e. The van der Waals surface area contributed by atoms with Crippen LogP contribution in [0.1, 0.15) is 19.3 Å². The molecule has 1 saturated heterocycles. The van der Waals surface area contributed by atoms with Crippen LogP contribution in [0.2, 0.25) is 0 Å². The Hall–Kier alpha value is -0.340. The normalized spacial score (nSPS) is 20.5. The Kier molecular flexibility index (Phi) is 4.46. The lowest BCUT2D eigenvalue weighted by Crippen LogP contribution is -2.31. The molecule has 13 heavy (non-hydrogen) atoms. The van der Waals surface area contributed by atoms with Gasteiger partial charge in [-0.1, -0.05) is 12.2 Å². The van der Waals surface area contributed by atoms with Gasteiger partial charge in [0, 0.05) is 0 Å². The van der Waals surface area contributed by atoms with Crippen molar-refractivity contribution in [3.63, 3.8) is 0 Å². The summed E-state index contributed by atoms with van der Waals surface area (Å²) in [6.45, 7) is 7.74. The predicted octanol–water partition coefficient (Wildman–Crippen LogP) is 1.49. The molecule has 1 N–H and O–H groups in total. The van der Waals surface area contributed by atoms with E-state index in [1.165, 1.54) is 31.5 Å². The highest BCUT2D eigenvalue weighted by Gasteiger charge is 2.18. The summed E-state index contributed by atoms with van der Waals surface area (Å²) in [6, 6.07) is 0. The molecular weight excluding hydrogens is 160 g/mol. The van der Waals surface area contributed by atoms with Crippen LogP contribution in [0.5, 0.6) is 0 Å². The monoisotopic (exact) mass is 182 g/mol. The minimum Gasteiger partial charge on any atom is -0.319 e. The number of piperidine rings is 1. The van der Waals surface area contributed by atoms with Gasteiger partial charge in [-0.15, -0.1) is 0 Å². The highest BCUT2D eigenvalue weighted by molar-refractivity contribution is 5.02. The SMILES string of the molecule is C=C(CCNC)C1CCN(C)CC1. The summed E-state index contributed by atoms with van der Waals surface area (Å²) in [5.74, 6) is 0.782. The molecule has 0 saturated carbocycles. The van der Waals surface area contributed by atoms with Crippen LogP contribution in [-0.4, -0.2) is 38.6 Å². The van der Waals surface area contributed by atoms with Crippen LogP contribution in [-0.2, 0) is 0 Å². The maximum absolute atomic E-state index is 4.18. The molecule has 2 nitrogen and oxygen atoms in total. The molecule has 0 aromatic carbocycles. The Morgan fingerprint density at radius 2 is 2.08 bits per heavy atom. The third-order valence-corrected chi connectivity index (χ3v) is 2.99. The summed E-state index contributed by atoms with van der Waals surface area (Å²) in [7, 11) is 4.20.